The minimum atomic E-state index is -0.121. The van der Waals surface area contributed by atoms with Crippen molar-refractivity contribution in [1.29, 1.82) is 0 Å². The van der Waals surface area contributed by atoms with Crippen molar-refractivity contribution in [2.75, 3.05) is 0 Å². The van der Waals surface area contributed by atoms with Crippen LogP contribution in [0.1, 0.15) is 43.5 Å². The van der Waals surface area contributed by atoms with E-state index >= 15 is 0 Å². The number of fused-ring (bicyclic) bond motifs is 4. The summed E-state index contributed by atoms with van der Waals surface area (Å²) in [6.45, 7) is 12.7. The minimum Gasteiger partial charge on any atom is -0.434 e. The molecule has 0 atom stereocenters. The normalized spacial score (nSPS) is 12.3. The Morgan fingerprint density at radius 3 is 2.34 bits per heavy atom. The van der Waals surface area contributed by atoms with E-state index in [1.807, 2.05) is 37.4 Å². The number of furan rings is 1. The van der Waals surface area contributed by atoms with Crippen molar-refractivity contribution in [2.45, 2.75) is 47.0 Å². The SMILES string of the molecule is Cc1ccc2c(n1)oc1c(-[n+]3c(C)n(-c4ccccc4)c4nc(C(C)(C)C)cnc43)c(C)ccc12. The van der Waals surface area contributed by atoms with Gasteiger partial charge in [-0.05, 0) is 49.7 Å². The Morgan fingerprint density at radius 1 is 0.857 bits per heavy atom. The van der Waals surface area contributed by atoms with Crippen LogP contribution in [0.4, 0.5) is 0 Å². The van der Waals surface area contributed by atoms with Gasteiger partial charge >= 0.3 is 5.65 Å². The monoisotopic (exact) mass is 462 g/mol. The van der Waals surface area contributed by atoms with E-state index in [1.54, 1.807) is 0 Å². The van der Waals surface area contributed by atoms with Crippen LogP contribution in [0, 0.1) is 20.8 Å². The number of hydrogen-bond acceptors (Lipinski definition) is 4. The number of aryl methyl sites for hydroxylation is 2. The number of rotatable bonds is 2. The zero-order valence-corrected chi connectivity index (χ0v) is 20.9. The molecule has 4 heterocycles. The van der Waals surface area contributed by atoms with Gasteiger partial charge in [0.15, 0.2) is 11.3 Å². The lowest BCUT2D eigenvalue weighted by molar-refractivity contribution is -0.576. The van der Waals surface area contributed by atoms with Crippen molar-refractivity contribution < 1.29 is 8.98 Å². The molecule has 6 nitrogen and oxygen atoms in total. The maximum atomic E-state index is 6.41. The Balaban J connectivity index is 1.76. The topological polar surface area (TPSA) is 60.6 Å². The summed E-state index contributed by atoms with van der Waals surface area (Å²) in [4.78, 5) is 14.7. The van der Waals surface area contributed by atoms with E-state index in [2.05, 4.69) is 79.1 Å². The number of para-hydroxylation sites is 1. The van der Waals surface area contributed by atoms with E-state index in [9.17, 15) is 0 Å². The van der Waals surface area contributed by atoms with Crippen molar-refractivity contribution in [3.63, 3.8) is 0 Å². The highest BCUT2D eigenvalue weighted by Gasteiger charge is 2.31. The summed E-state index contributed by atoms with van der Waals surface area (Å²) in [5, 5.41) is 2.05. The maximum Gasteiger partial charge on any atom is 0.327 e. The summed E-state index contributed by atoms with van der Waals surface area (Å²) < 4.78 is 10.8. The third kappa shape index (κ3) is 3.24. The van der Waals surface area contributed by atoms with Gasteiger partial charge in [0.1, 0.15) is 11.9 Å². The van der Waals surface area contributed by atoms with Gasteiger partial charge in [-0.3, -0.25) is 0 Å². The molecule has 0 aliphatic carbocycles. The molecule has 2 aromatic carbocycles. The Kier molecular flexibility index (Phi) is 4.58. The number of imidazole rings is 1. The molecule has 0 spiro atoms. The van der Waals surface area contributed by atoms with E-state index in [1.165, 1.54) is 0 Å². The van der Waals surface area contributed by atoms with Crippen molar-refractivity contribution >= 4 is 33.4 Å². The summed E-state index contributed by atoms with van der Waals surface area (Å²) >= 11 is 0. The molecular weight excluding hydrogens is 434 g/mol. The molecule has 6 rings (SSSR count). The fourth-order valence-electron chi connectivity index (χ4n) is 4.78. The van der Waals surface area contributed by atoms with Crippen molar-refractivity contribution in [2.24, 2.45) is 0 Å². The number of aromatic nitrogens is 5. The lowest BCUT2D eigenvalue weighted by Gasteiger charge is -2.15. The molecule has 0 unspecified atom stereocenters. The van der Waals surface area contributed by atoms with Crippen molar-refractivity contribution in [1.82, 2.24) is 19.5 Å². The number of nitrogens with zero attached hydrogens (tertiary/aromatic N) is 5. The molecule has 0 saturated heterocycles. The van der Waals surface area contributed by atoms with Crippen LogP contribution in [0.2, 0.25) is 0 Å². The standard InChI is InChI=1S/C29H28N5O/c1-17-12-14-21-22-15-13-18(2)31-28(22)35-25(21)24(17)34-19(3)33(20-10-8-7-9-11-20)27-26(34)30-16-23(32-27)29(4,5)6/h7-16H,1-6H3/q+1. The molecule has 0 bridgehead atoms. The smallest absolute Gasteiger partial charge is 0.327 e. The Labute approximate surface area is 203 Å². The van der Waals surface area contributed by atoms with E-state index in [0.717, 1.165) is 61.8 Å². The van der Waals surface area contributed by atoms with Crippen molar-refractivity contribution in [3.05, 3.63) is 83.6 Å². The molecule has 0 saturated carbocycles. The highest BCUT2D eigenvalue weighted by atomic mass is 16.3. The molecule has 0 aliphatic rings. The van der Waals surface area contributed by atoms with Gasteiger partial charge in [-0.15, -0.1) is 4.98 Å². The maximum absolute atomic E-state index is 6.41. The summed E-state index contributed by atoms with van der Waals surface area (Å²) in [6, 6.07) is 18.7. The lowest BCUT2D eigenvalue weighted by atomic mass is 9.93. The van der Waals surface area contributed by atoms with Crippen LogP contribution >= 0.6 is 0 Å². The third-order valence-electron chi connectivity index (χ3n) is 6.63. The van der Waals surface area contributed by atoms with E-state index in [4.69, 9.17) is 14.4 Å². The van der Waals surface area contributed by atoms with Gasteiger partial charge in [0.25, 0.3) is 5.65 Å². The first kappa shape index (κ1) is 21.5. The second-order valence-corrected chi connectivity index (χ2v) is 10.2. The van der Waals surface area contributed by atoms with Gasteiger partial charge in [-0.25, -0.2) is 14.5 Å². The van der Waals surface area contributed by atoms with Crippen molar-refractivity contribution in [3.8, 4) is 11.4 Å². The molecular formula is C29H28N5O+. The van der Waals surface area contributed by atoms with Crippen LogP contribution in [-0.2, 0) is 5.41 Å². The highest BCUT2D eigenvalue weighted by Crippen LogP contribution is 2.33. The second-order valence-electron chi connectivity index (χ2n) is 10.2. The van der Waals surface area contributed by atoms with E-state index in [-0.39, 0.29) is 5.41 Å². The predicted octanol–water partition coefficient (Wildman–Crippen LogP) is 6.21. The average molecular weight is 463 g/mol. The first-order chi connectivity index (χ1) is 16.7. The molecule has 6 aromatic rings. The number of hydrogen-bond donors (Lipinski definition) is 0. The highest BCUT2D eigenvalue weighted by molar-refractivity contribution is 6.06. The zero-order valence-electron chi connectivity index (χ0n) is 20.9. The summed E-state index contributed by atoms with van der Waals surface area (Å²) in [5.74, 6) is 0.998. The first-order valence-electron chi connectivity index (χ1n) is 11.9. The summed E-state index contributed by atoms with van der Waals surface area (Å²) in [5.41, 5.74) is 7.93. The number of benzene rings is 2. The Bertz CT molecular complexity index is 1750. The van der Waals surface area contributed by atoms with E-state index < -0.39 is 0 Å². The second kappa shape index (κ2) is 7.47. The Morgan fingerprint density at radius 2 is 1.60 bits per heavy atom. The molecule has 6 heteroatoms. The van der Waals surface area contributed by atoms with Crippen LogP contribution in [0.5, 0.6) is 0 Å². The zero-order chi connectivity index (χ0) is 24.5. The molecule has 0 N–H and O–H groups in total. The quantitative estimate of drug-likeness (QED) is 0.287. The summed E-state index contributed by atoms with van der Waals surface area (Å²) in [6.07, 6.45) is 1.90. The summed E-state index contributed by atoms with van der Waals surface area (Å²) in [7, 11) is 0. The van der Waals surface area contributed by atoms with Gasteiger partial charge in [0, 0.05) is 28.8 Å². The van der Waals surface area contributed by atoms with Gasteiger partial charge in [0.05, 0.1) is 5.69 Å². The van der Waals surface area contributed by atoms with Gasteiger partial charge in [-0.2, -0.15) is 4.57 Å². The lowest BCUT2D eigenvalue weighted by Crippen LogP contribution is -2.35. The molecule has 0 amide bonds. The van der Waals surface area contributed by atoms with Crippen LogP contribution in [0.15, 0.2) is 65.2 Å². The van der Waals surface area contributed by atoms with Gasteiger partial charge in [-0.1, -0.05) is 45.0 Å². The fraction of sp³-hybridized carbons (Fsp3) is 0.241. The largest absolute Gasteiger partial charge is 0.434 e. The average Bonchev–Trinajstić information content (AvgIpc) is 3.32. The molecule has 4 aromatic heterocycles. The van der Waals surface area contributed by atoms with Crippen LogP contribution in [0.3, 0.4) is 0 Å². The predicted molar refractivity (Wildman–Crippen MR) is 138 cm³/mol. The molecule has 0 fully saturated rings. The van der Waals surface area contributed by atoms with Crippen LogP contribution < -0.4 is 4.57 Å². The van der Waals surface area contributed by atoms with Gasteiger partial charge in [0.2, 0.25) is 11.5 Å². The molecule has 35 heavy (non-hydrogen) atoms. The van der Waals surface area contributed by atoms with E-state index in [0.29, 0.717) is 5.71 Å². The third-order valence-corrected chi connectivity index (χ3v) is 6.63. The molecule has 174 valence electrons. The van der Waals surface area contributed by atoms with Crippen LogP contribution in [-0.4, -0.2) is 19.5 Å². The Hall–Kier alpha value is -4.06. The number of pyridine rings is 1. The van der Waals surface area contributed by atoms with Crippen LogP contribution in [0.25, 0.3) is 44.7 Å². The first-order valence-corrected chi connectivity index (χ1v) is 11.9. The molecule has 0 radical (unpaired) electrons. The van der Waals surface area contributed by atoms with Gasteiger partial charge < -0.3 is 4.42 Å². The fourth-order valence-corrected chi connectivity index (χ4v) is 4.78. The minimum absolute atomic E-state index is 0.121. The molecule has 0 aliphatic heterocycles.